The molecule has 2 unspecified atom stereocenters. The second-order valence-corrected chi connectivity index (χ2v) is 4.92. The summed E-state index contributed by atoms with van der Waals surface area (Å²) in [5.74, 6) is 0.262. The van der Waals surface area contributed by atoms with E-state index in [2.05, 4.69) is 0 Å². The number of nitrogens with zero attached hydrogens (tertiary/aromatic N) is 1. The summed E-state index contributed by atoms with van der Waals surface area (Å²) in [6.07, 6.45) is -8.04. The van der Waals surface area contributed by atoms with Gasteiger partial charge in [0.1, 0.15) is 30.2 Å². The maximum absolute atomic E-state index is 9.84. The highest BCUT2D eigenvalue weighted by Crippen LogP contribution is 2.25. The average Bonchev–Trinajstić information content (AvgIpc) is 2.55. The van der Waals surface area contributed by atoms with E-state index >= 15 is 0 Å². The predicted octanol–water partition coefficient (Wildman–Crippen LogP) is -1.58. The lowest BCUT2D eigenvalue weighted by atomic mass is 9.99. The monoisotopic (exact) mass is 311 g/mol. The van der Waals surface area contributed by atoms with E-state index in [-0.39, 0.29) is 5.75 Å². The fourth-order valence-electron chi connectivity index (χ4n) is 2.10. The van der Waals surface area contributed by atoms with Crippen molar-refractivity contribution in [2.24, 2.45) is 0 Å². The lowest BCUT2D eigenvalue weighted by Gasteiger charge is -2.39. The largest absolute Gasteiger partial charge is 0.462 e. The maximum atomic E-state index is 9.84. The molecule has 5 N–H and O–H groups in total. The van der Waals surface area contributed by atoms with Crippen LogP contribution in [0.25, 0.3) is 0 Å². The molecule has 2 rings (SSSR count). The molecule has 1 aromatic carbocycles. The summed E-state index contributed by atoms with van der Waals surface area (Å²) in [5.41, 5.74) is 0.378. The fraction of sp³-hybridized carbons (Fsp3) is 0.500. The van der Waals surface area contributed by atoms with Gasteiger partial charge in [-0.1, -0.05) is 12.1 Å². The van der Waals surface area contributed by atoms with Gasteiger partial charge in [-0.3, -0.25) is 0 Å². The van der Waals surface area contributed by atoms with Gasteiger partial charge in [-0.2, -0.15) is 5.26 Å². The Balaban J connectivity index is 2.07. The Kier molecular flexibility index (Phi) is 5.31. The summed E-state index contributed by atoms with van der Waals surface area (Å²) < 4.78 is 10.6. The average molecular weight is 311 g/mol. The third-order valence-electron chi connectivity index (χ3n) is 3.42. The van der Waals surface area contributed by atoms with Gasteiger partial charge in [-0.05, 0) is 17.7 Å². The molecule has 0 radical (unpaired) electrons. The number of aliphatic hydroxyl groups is 5. The Bertz CT molecular complexity index is 527. The number of nitriles is 1. The zero-order chi connectivity index (χ0) is 16.3. The van der Waals surface area contributed by atoms with E-state index in [1.54, 1.807) is 6.07 Å². The molecule has 8 nitrogen and oxygen atoms in total. The van der Waals surface area contributed by atoms with Gasteiger partial charge in [-0.25, -0.2) is 0 Å². The number of rotatable bonds is 4. The van der Waals surface area contributed by atoms with E-state index in [4.69, 9.17) is 19.8 Å². The van der Waals surface area contributed by atoms with Crippen LogP contribution in [0.5, 0.6) is 5.75 Å². The lowest BCUT2D eigenvalue weighted by Crippen LogP contribution is -2.60. The Hall–Kier alpha value is -1.73. The molecule has 6 atom stereocenters. The summed E-state index contributed by atoms with van der Waals surface area (Å²) in [4.78, 5) is 0. The topological polar surface area (TPSA) is 143 Å². The van der Waals surface area contributed by atoms with Crippen LogP contribution in [0.1, 0.15) is 11.7 Å². The molecule has 8 heteroatoms. The van der Waals surface area contributed by atoms with Crippen molar-refractivity contribution in [2.75, 3.05) is 6.61 Å². The highest BCUT2D eigenvalue weighted by atomic mass is 16.7. The van der Waals surface area contributed by atoms with Crippen LogP contribution in [-0.2, 0) is 4.74 Å². The van der Waals surface area contributed by atoms with Gasteiger partial charge in [0.25, 0.3) is 0 Å². The van der Waals surface area contributed by atoms with E-state index in [1.807, 2.05) is 0 Å². The van der Waals surface area contributed by atoms with Crippen LogP contribution in [0.4, 0.5) is 0 Å². The van der Waals surface area contributed by atoms with Crippen LogP contribution in [0.2, 0.25) is 0 Å². The molecule has 0 amide bonds. The standard InChI is InChI=1S/C14H17NO7/c15-5-9(17)7-1-3-8(4-2-7)21-14-13(20)12(19)11(18)10(6-16)22-14/h1-4,9-14,16-20H,6H2/t9?,10-,11-,12+,13-,14?/m1/s1. The van der Waals surface area contributed by atoms with Crippen LogP contribution in [0, 0.1) is 11.3 Å². The van der Waals surface area contributed by atoms with Gasteiger partial charge < -0.3 is 35.0 Å². The zero-order valence-corrected chi connectivity index (χ0v) is 11.5. The highest BCUT2D eigenvalue weighted by Gasteiger charge is 2.44. The number of aliphatic hydroxyl groups excluding tert-OH is 5. The van der Waals surface area contributed by atoms with E-state index in [9.17, 15) is 20.4 Å². The summed E-state index contributed by atoms with van der Waals surface area (Å²) >= 11 is 0. The van der Waals surface area contributed by atoms with Crippen molar-refractivity contribution in [3.05, 3.63) is 29.8 Å². The number of benzene rings is 1. The predicted molar refractivity (Wildman–Crippen MR) is 71.4 cm³/mol. The van der Waals surface area contributed by atoms with E-state index in [1.165, 1.54) is 24.3 Å². The van der Waals surface area contributed by atoms with Gasteiger partial charge in [0.15, 0.2) is 6.10 Å². The zero-order valence-electron chi connectivity index (χ0n) is 11.5. The maximum Gasteiger partial charge on any atom is 0.229 e. The minimum absolute atomic E-state index is 0.262. The molecule has 120 valence electrons. The van der Waals surface area contributed by atoms with E-state index in [0.717, 1.165) is 0 Å². The SMILES string of the molecule is N#CC(O)c1ccc(OC2O[C@H](CO)[C@@H](O)[C@H](O)[C@H]2O)cc1. The van der Waals surface area contributed by atoms with Crippen molar-refractivity contribution in [1.82, 2.24) is 0 Å². The molecule has 22 heavy (non-hydrogen) atoms. The van der Waals surface area contributed by atoms with E-state index in [0.29, 0.717) is 5.56 Å². The van der Waals surface area contributed by atoms with Gasteiger partial charge in [0, 0.05) is 0 Å². The van der Waals surface area contributed by atoms with Gasteiger partial charge in [-0.15, -0.1) is 0 Å². The Morgan fingerprint density at radius 2 is 1.77 bits per heavy atom. The number of ether oxygens (including phenoxy) is 2. The first kappa shape index (κ1) is 16.6. The molecule has 0 aromatic heterocycles. The summed E-state index contributed by atoms with van der Waals surface area (Å²) in [6, 6.07) is 7.52. The molecule has 1 aliphatic rings. The second kappa shape index (κ2) is 7.02. The highest BCUT2D eigenvalue weighted by molar-refractivity contribution is 5.30. The molecule has 0 aliphatic carbocycles. The van der Waals surface area contributed by atoms with Crippen LogP contribution in [0.3, 0.4) is 0 Å². The smallest absolute Gasteiger partial charge is 0.229 e. The molecular formula is C14H17NO7. The fourth-order valence-corrected chi connectivity index (χ4v) is 2.10. The molecule has 0 bridgehead atoms. The molecule has 1 aliphatic heterocycles. The van der Waals surface area contributed by atoms with Crippen LogP contribution in [-0.4, -0.2) is 62.8 Å². The van der Waals surface area contributed by atoms with Gasteiger partial charge in [0.05, 0.1) is 12.7 Å². The first-order chi connectivity index (χ1) is 10.5. The van der Waals surface area contributed by atoms with Crippen LogP contribution < -0.4 is 4.74 Å². The van der Waals surface area contributed by atoms with Gasteiger partial charge >= 0.3 is 0 Å². The third-order valence-corrected chi connectivity index (χ3v) is 3.42. The number of hydrogen-bond acceptors (Lipinski definition) is 8. The van der Waals surface area contributed by atoms with Crippen LogP contribution >= 0.6 is 0 Å². The molecule has 1 fully saturated rings. The van der Waals surface area contributed by atoms with Crippen molar-refractivity contribution in [1.29, 1.82) is 5.26 Å². The van der Waals surface area contributed by atoms with Crippen molar-refractivity contribution in [2.45, 2.75) is 36.8 Å². The first-order valence-electron chi connectivity index (χ1n) is 6.62. The minimum atomic E-state index is -1.52. The second-order valence-electron chi connectivity index (χ2n) is 4.92. The summed E-state index contributed by atoms with van der Waals surface area (Å²) in [6.45, 7) is -0.544. The Labute approximate surface area is 126 Å². The molecule has 1 heterocycles. The van der Waals surface area contributed by atoms with Gasteiger partial charge in [0.2, 0.25) is 6.29 Å². The summed E-state index contributed by atoms with van der Waals surface area (Å²) in [7, 11) is 0. The van der Waals surface area contributed by atoms with Crippen molar-refractivity contribution < 1.29 is 35.0 Å². The lowest BCUT2D eigenvalue weighted by molar-refractivity contribution is -0.277. The molecule has 0 spiro atoms. The minimum Gasteiger partial charge on any atom is -0.462 e. The van der Waals surface area contributed by atoms with E-state index < -0.39 is 43.4 Å². The Morgan fingerprint density at radius 1 is 1.14 bits per heavy atom. The summed E-state index contributed by atoms with van der Waals surface area (Å²) in [5, 5.41) is 56.2. The van der Waals surface area contributed by atoms with Crippen molar-refractivity contribution >= 4 is 0 Å². The quantitative estimate of drug-likeness (QED) is 0.419. The molecule has 0 saturated carbocycles. The van der Waals surface area contributed by atoms with Crippen LogP contribution in [0.15, 0.2) is 24.3 Å². The normalized spacial score (nSPS) is 33.0. The first-order valence-corrected chi connectivity index (χ1v) is 6.62. The third kappa shape index (κ3) is 3.36. The molecule has 1 aromatic rings. The van der Waals surface area contributed by atoms with Crippen molar-refractivity contribution in [3.63, 3.8) is 0 Å². The molecule has 1 saturated heterocycles. The molecular weight excluding hydrogens is 294 g/mol. The number of hydrogen-bond donors (Lipinski definition) is 5. The Morgan fingerprint density at radius 3 is 2.32 bits per heavy atom. The van der Waals surface area contributed by atoms with Crippen molar-refractivity contribution in [3.8, 4) is 11.8 Å².